The van der Waals surface area contributed by atoms with Gasteiger partial charge in [0.1, 0.15) is 0 Å². The quantitative estimate of drug-likeness (QED) is 0.155. The predicted octanol–water partition coefficient (Wildman–Crippen LogP) is 5.97. The van der Waals surface area contributed by atoms with Crippen molar-refractivity contribution in [1.29, 1.82) is 0 Å². The van der Waals surface area contributed by atoms with Crippen LogP contribution >= 0.6 is 0 Å². The molecule has 6 heteroatoms. The van der Waals surface area contributed by atoms with Gasteiger partial charge in [-0.2, -0.15) is 0 Å². The van der Waals surface area contributed by atoms with E-state index in [0.717, 1.165) is 32.1 Å². The first-order valence-corrected chi connectivity index (χ1v) is 11.7. The van der Waals surface area contributed by atoms with Crippen LogP contribution in [0.15, 0.2) is 12.2 Å². The second-order valence-electron chi connectivity index (χ2n) is 7.88. The first-order valence-electron chi connectivity index (χ1n) is 11.7. The molecule has 0 aromatic heterocycles. The highest BCUT2D eigenvalue weighted by atomic mass is 16.6. The van der Waals surface area contributed by atoms with E-state index < -0.39 is 30.1 Å². The number of carboxylic acid groups (broad SMARTS) is 1. The van der Waals surface area contributed by atoms with E-state index in [9.17, 15) is 14.4 Å². The van der Waals surface area contributed by atoms with E-state index in [1.54, 1.807) is 0 Å². The fourth-order valence-electron chi connectivity index (χ4n) is 2.96. The van der Waals surface area contributed by atoms with Gasteiger partial charge in [-0.3, -0.25) is 4.79 Å². The molecule has 0 aliphatic heterocycles. The van der Waals surface area contributed by atoms with Crippen LogP contribution < -0.4 is 0 Å². The zero-order valence-electron chi connectivity index (χ0n) is 19.2. The summed E-state index contributed by atoms with van der Waals surface area (Å²) in [6.07, 6.45) is 17.9. The largest absolute Gasteiger partial charge is 0.479 e. The lowest BCUT2D eigenvalue weighted by molar-refractivity contribution is -0.174. The van der Waals surface area contributed by atoms with E-state index in [1.807, 2.05) is 0 Å². The fraction of sp³-hybridized carbons (Fsp3) is 0.792. The lowest BCUT2D eigenvalue weighted by Crippen LogP contribution is -2.32. The van der Waals surface area contributed by atoms with Crippen molar-refractivity contribution < 1.29 is 29.0 Å². The number of ether oxygens (including phenoxy) is 2. The summed E-state index contributed by atoms with van der Waals surface area (Å²) < 4.78 is 9.68. The van der Waals surface area contributed by atoms with Crippen molar-refractivity contribution in [3.63, 3.8) is 0 Å². The highest BCUT2D eigenvalue weighted by molar-refractivity contribution is 5.82. The highest BCUT2D eigenvalue weighted by Crippen LogP contribution is 2.11. The first kappa shape index (κ1) is 28.1. The second-order valence-corrected chi connectivity index (χ2v) is 7.88. The summed E-state index contributed by atoms with van der Waals surface area (Å²) in [5, 5.41) is 8.71. The molecule has 0 unspecified atom stereocenters. The minimum atomic E-state index is -1.26. The number of allylic oxidation sites excluding steroid dienone is 2. The minimum absolute atomic E-state index is 0.254. The lowest BCUT2D eigenvalue weighted by Gasteiger charge is -2.14. The van der Waals surface area contributed by atoms with Crippen molar-refractivity contribution in [2.24, 2.45) is 0 Å². The van der Waals surface area contributed by atoms with Crippen LogP contribution in [0.1, 0.15) is 111 Å². The number of hydrogen-bond acceptors (Lipinski definition) is 5. The topological polar surface area (TPSA) is 89.9 Å². The van der Waals surface area contributed by atoms with E-state index in [1.165, 1.54) is 65.2 Å². The van der Waals surface area contributed by atoms with Crippen LogP contribution in [0.4, 0.5) is 0 Å². The average molecular weight is 427 g/mol. The summed E-state index contributed by atoms with van der Waals surface area (Å²) in [4.78, 5) is 34.1. The molecule has 0 aliphatic carbocycles. The number of rotatable bonds is 19. The maximum absolute atomic E-state index is 11.8. The summed E-state index contributed by atoms with van der Waals surface area (Å²) in [5.74, 6) is -2.54. The summed E-state index contributed by atoms with van der Waals surface area (Å²) in [6, 6.07) is 0. The van der Waals surface area contributed by atoms with Crippen molar-refractivity contribution in [1.82, 2.24) is 0 Å². The summed E-state index contributed by atoms with van der Waals surface area (Å²) in [7, 11) is 0. The van der Waals surface area contributed by atoms with E-state index >= 15 is 0 Å². The third-order valence-corrected chi connectivity index (χ3v) is 4.92. The zero-order chi connectivity index (χ0) is 22.6. The van der Waals surface area contributed by atoms with Gasteiger partial charge in [0.15, 0.2) is 12.2 Å². The Morgan fingerprint density at radius 3 is 1.77 bits per heavy atom. The molecule has 174 valence electrons. The molecule has 0 amide bonds. The molecule has 0 rings (SSSR count). The van der Waals surface area contributed by atoms with E-state index in [4.69, 9.17) is 9.84 Å². The standard InChI is InChI=1S/C24H42O6/c1-4-5-6-7-8-9-10-11-12-13-14-15-16-17-18-19-22(25)29-21(3)24(28)30-20(2)23(26)27/h11-12,20-21H,4-10,13-19H2,1-3H3,(H,26,27)/b12-11-/t20-,21+/m1/s1. The molecule has 1 N–H and O–H groups in total. The maximum Gasteiger partial charge on any atom is 0.347 e. The Balaban J connectivity index is 3.55. The van der Waals surface area contributed by atoms with Gasteiger partial charge in [-0.1, -0.05) is 70.4 Å². The molecule has 0 aromatic rings. The average Bonchev–Trinajstić information content (AvgIpc) is 2.70. The molecule has 0 spiro atoms. The lowest BCUT2D eigenvalue weighted by atomic mass is 10.1. The molecule has 0 aliphatic rings. The summed E-state index contributed by atoms with van der Waals surface area (Å²) in [5.41, 5.74) is 0. The molecule has 6 nitrogen and oxygen atoms in total. The summed E-state index contributed by atoms with van der Waals surface area (Å²) in [6.45, 7) is 4.88. The van der Waals surface area contributed by atoms with Gasteiger partial charge in [-0.25, -0.2) is 9.59 Å². The number of carboxylic acids is 1. The van der Waals surface area contributed by atoms with Gasteiger partial charge in [0.05, 0.1) is 0 Å². The molecule has 30 heavy (non-hydrogen) atoms. The minimum Gasteiger partial charge on any atom is -0.479 e. The van der Waals surface area contributed by atoms with Crippen molar-refractivity contribution in [2.75, 3.05) is 0 Å². The monoisotopic (exact) mass is 426 g/mol. The van der Waals surface area contributed by atoms with Gasteiger partial charge < -0.3 is 14.6 Å². The van der Waals surface area contributed by atoms with Crippen LogP contribution in [0.2, 0.25) is 0 Å². The maximum atomic E-state index is 11.8. The molecular weight excluding hydrogens is 384 g/mol. The van der Waals surface area contributed by atoms with Crippen molar-refractivity contribution in [2.45, 2.75) is 123 Å². The van der Waals surface area contributed by atoms with Gasteiger partial charge >= 0.3 is 17.9 Å². The smallest absolute Gasteiger partial charge is 0.347 e. The summed E-state index contributed by atoms with van der Waals surface area (Å²) >= 11 is 0. The third-order valence-electron chi connectivity index (χ3n) is 4.92. The third kappa shape index (κ3) is 17.0. The number of esters is 2. The Morgan fingerprint density at radius 1 is 0.733 bits per heavy atom. The molecule has 0 heterocycles. The van der Waals surface area contributed by atoms with Crippen LogP contribution in [0.3, 0.4) is 0 Å². The first-order chi connectivity index (χ1) is 14.4. The van der Waals surface area contributed by atoms with Gasteiger partial charge in [0, 0.05) is 6.42 Å². The number of hydrogen-bond donors (Lipinski definition) is 1. The molecule has 0 aromatic carbocycles. The number of aliphatic carboxylic acids is 1. The Hall–Kier alpha value is -1.85. The van der Waals surface area contributed by atoms with Crippen molar-refractivity contribution in [3.8, 4) is 0 Å². The zero-order valence-corrected chi connectivity index (χ0v) is 19.2. The molecule has 0 radical (unpaired) electrons. The molecule has 2 atom stereocenters. The number of unbranched alkanes of at least 4 members (excludes halogenated alkanes) is 11. The molecule has 0 saturated heterocycles. The van der Waals surface area contributed by atoms with Gasteiger partial charge in [0.2, 0.25) is 0 Å². The van der Waals surface area contributed by atoms with Crippen LogP contribution in [0.25, 0.3) is 0 Å². The van der Waals surface area contributed by atoms with Crippen molar-refractivity contribution in [3.05, 3.63) is 12.2 Å². The Bertz CT molecular complexity index is 500. The van der Waals surface area contributed by atoms with Crippen LogP contribution in [0.5, 0.6) is 0 Å². The molecule has 0 fully saturated rings. The van der Waals surface area contributed by atoms with Gasteiger partial charge in [-0.15, -0.1) is 0 Å². The predicted molar refractivity (Wildman–Crippen MR) is 118 cm³/mol. The Morgan fingerprint density at radius 2 is 1.23 bits per heavy atom. The fourth-order valence-corrected chi connectivity index (χ4v) is 2.96. The second kappa shape index (κ2) is 19.1. The van der Waals surface area contributed by atoms with E-state index in [-0.39, 0.29) is 6.42 Å². The Labute approximate surface area is 182 Å². The molecule has 0 saturated carbocycles. The Kier molecular flexibility index (Phi) is 18.0. The van der Waals surface area contributed by atoms with E-state index in [2.05, 4.69) is 23.8 Å². The van der Waals surface area contributed by atoms with Crippen LogP contribution in [-0.4, -0.2) is 35.2 Å². The van der Waals surface area contributed by atoms with Crippen LogP contribution in [-0.2, 0) is 23.9 Å². The number of carbonyl (C=O) groups excluding carboxylic acids is 2. The van der Waals surface area contributed by atoms with Crippen molar-refractivity contribution >= 4 is 17.9 Å². The highest BCUT2D eigenvalue weighted by Gasteiger charge is 2.23. The SMILES string of the molecule is CCCCCCCC/C=C\CCCCCCCC(=O)O[C@@H](C)C(=O)O[C@H](C)C(=O)O. The van der Waals surface area contributed by atoms with Gasteiger partial charge in [0.25, 0.3) is 0 Å². The van der Waals surface area contributed by atoms with E-state index in [0.29, 0.717) is 0 Å². The molecule has 0 bridgehead atoms. The van der Waals surface area contributed by atoms with Gasteiger partial charge in [-0.05, 0) is 46.0 Å². The number of carbonyl (C=O) groups is 3. The normalized spacial score (nSPS) is 13.2. The molecular formula is C24H42O6. The van der Waals surface area contributed by atoms with Crippen LogP contribution in [0, 0.1) is 0 Å².